The van der Waals surface area contributed by atoms with E-state index in [2.05, 4.69) is 11.1 Å². The second-order valence-corrected chi connectivity index (χ2v) is 7.34. The molecule has 0 saturated carbocycles. The van der Waals surface area contributed by atoms with Crippen molar-refractivity contribution < 1.29 is 14.3 Å². The standard InChI is InChI=1S/C21H24N2O3S/c1-5-26-13-16-12-15(10-11-18(16)25-4)21(24)23(3)14(2)20-22-17-8-6-7-9-19(17)27-20/h6-12,14H,5,13H2,1-4H3. The summed E-state index contributed by atoms with van der Waals surface area (Å²) in [5.74, 6) is 0.670. The average Bonchev–Trinajstić information content (AvgIpc) is 3.14. The van der Waals surface area contributed by atoms with Crippen LogP contribution in [-0.4, -0.2) is 36.6 Å². The zero-order valence-electron chi connectivity index (χ0n) is 16.1. The molecule has 142 valence electrons. The van der Waals surface area contributed by atoms with Gasteiger partial charge in [0.25, 0.3) is 5.91 Å². The average molecular weight is 385 g/mol. The fourth-order valence-electron chi connectivity index (χ4n) is 2.85. The normalized spacial score (nSPS) is 12.1. The number of fused-ring (bicyclic) bond motifs is 1. The van der Waals surface area contributed by atoms with Crippen molar-refractivity contribution in [2.24, 2.45) is 0 Å². The highest BCUT2D eigenvalue weighted by Crippen LogP contribution is 2.30. The quantitative estimate of drug-likeness (QED) is 0.594. The second-order valence-electron chi connectivity index (χ2n) is 6.28. The van der Waals surface area contributed by atoms with Crippen molar-refractivity contribution in [2.75, 3.05) is 20.8 Å². The van der Waals surface area contributed by atoms with Crippen molar-refractivity contribution in [1.29, 1.82) is 0 Å². The van der Waals surface area contributed by atoms with Gasteiger partial charge in [0.2, 0.25) is 0 Å². The van der Waals surface area contributed by atoms with Gasteiger partial charge in [-0.3, -0.25) is 4.79 Å². The van der Waals surface area contributed by atoms with Crippen LogP contribution in [0.5, 0.6) is 5.75 Å². The maximum atomic E-state index is 13.0. The molecule has 27 heavy (non-hydrogen) atoms. The topological polar surface area (TPSA) is 51.7 Å². The number of benzene rings is 2. The molecule has 0 bridgehead atoms. The summed E-state index contributed by atoms with van der Waals surface area (Å²) in [5.41, 5.74) is 2.45. The van der Waals surface area contributed by atoms with Gasteiger partial charge in [0.1, 0.15) is 10.8 Å². The minimum absolute atomic E-state index is 0.0536. The van der Waals surface area contributed by atoms with Crippen LogP contribution in [0.4, 0.5) is 0 Å². The van der Waals surface area contributed by atoms with E-state index in [1.54, 1.807) is 29.4 Å². The van der Waals surface area contributed by atoms with Crippen molar-refractivity contribution in [3.63, 3.8) is 0 Å². The van der Waals surface area contributed by atoms with Crippen LogP contribution in [0.2, 0.25) is 0 Å². The van der Waals surface area contributed by atoms with Gasteiger partial charge in [-0.25, -0.2) is 4.98 Å². The predicted molar refractivity (Wildman–Crippen MR) is 108 cm³/mol. The summed E-state index contributed by atoms with van der Waals surface area (Å²) in [6.45, 7) is 4.96. The number of carbonyl (C=O) groups is 1. The molecule has 5 nitrogen and oxygen atoms in total. The van der Waals surface area contributed by atoms with E-state index in [4.69, 9.17) is 9.47 Å². The van der Waals surface area contributed by atoms with E-state index >= 15 is 0 Å². The lowest BCUT2D eigenvalue weighted by atomic mass is 10.1. The molecule has 0 fully saturated rings. The highest BCUT2D eigenvalue weighted by atomic mass is 32.1. The van der Waals surface area contributed by atoms with E-state index in [9.17, 15) is 4.79 Å². The minimum Gasteiger partial charge on any atom is -0.496 e. The molecular formula is C21H24N2O3S. The van der Waals surface area contributed by atoms with E-state index < -0.39 is 0 Å². The first-order chi connectivity index (χ1) is 13.0. The van der Waals surface area contributed by atoms with Gasteiger partial charge < -0.3 is 14.4 Å². The molecule has 0 saturated heterocycles. The van der Waals surface area contributed by atoms with Crippen LogP contribution in [0.25, 0.3) is 10.2 Å². The maximum absolute atomic E-state index is 13.0. The lowest BCUT2D eigenvalue weighted by Crippen LogP contribution is -2.29. The van der Waals surface area contributed by atoms with Gasteiger partial charge in [-0.15, -0.1) is 11.3 Å². The summed E-state index contributed by atoms with van der Waals surface area (Å²) in [7, 11) is 3.43. The molecule has 3 rings (SSSR count). The van der Waals surface area contributed by atoms with Crippen molar-refractivity contribution in [3.05, 3.63) is 58.6 Å². The van der Waals surface area contributed by atoms with Crippen LogP contribution < -0.4 is 4.74 Å². The molecule has 0 aliphatic carbocycles. The highest BCUT2D eigenvalue weighted by Gasteiger charge is 2.22. The molecule has 0 spiro atoms. The molecule has 3 aromatic rings. The third-order valence-electron chi connectivity index (χ3n) is 4.56. The Bertz CT molecular complexity index is 905. The number of methoxy groups -OCH3 is 1. The largest absolute Gasteiger partial charge is 0.496 e. The first-order valence-electron chi connectivity index (χ1n) is 8.92. The van der Waals surface area contributed by atoms with Crippen LogP contribution in [0, 0.1) is 0 Å². The van der Waals surface area contributed by atoms with Gasteiger partial charge >= 0.3 is 0 Å². The Labute approximate surface area is 163 Å². The van der Waals surface area contributed by atoms with Crippen LogP contribution in [0.3, 0.4) is 0 Å². The van der Waals surface area contributed by atoms with Gasteiger partial charge in [0.05, 0.1) is 30.0 Å². The maximum Gasteiger partial charge on any atom is 0.254 e. The zero-order valence-corrected chi connectivity index (χ0v) is 16.9. The van der Waals surface area contributed by atoms with Gasteiger partial charge in [-0.1, -0.05) is 12.1 Å². The van der Waals surface area contributed by atoms with E-state index in [0.29, 0.717) is 18.8 Å². The molecule has 0 radical (unpaired) electrons. The van der Waals surface area contributed by atoms with E-state index in [1.165, 1.54) is 0 Å². The van der Waals surface area contributed by atoms with Gasteiger partial charge in [-0.2, -0.15) is 0 Å². The first kappa shape index (κ1) is 19.3. The lowest BCUT2D eigenvalue weighted by Gasteiger charge is -2.23. The molecule has 0 N–H and O–H groups in total. The van der Waals surface area contributed by atoms with E-state index in [0.717, 1.165) is 26.5 Å². The zero-order chi connectivity index (χ0) is 19.4. The fraction of sp³-hybridized carbons (Fsp3) is 0.333. The lowest BCUT2D eigenvalue weighted by molar-refractivity contribution is 0.0742. The van der Waals surface area contributed by atoms with E-state index in [1.807, 2.05) is 51.2 Å². The molecule has 2 aromatic carbocycles. The number of nitrogens with zero attached hydrogens (tertiary/aromatic N) is 2. The predicted octanol–water partition coefficient (Wildman–Crippen LogP) is 4.67. The molecule has 1 unspecified atom stereocenters. The second kappa shape index (κ2) is 8.50. The molecule has 1 amide bonds. The smallest absolute Gasteiger partial charge is 0.254 e. The number of hydrogen-bond acceptors (Lipinski definition) is 5. The van der Waals surface area contributed by atoms with Crippen LogP contribution in [0.1, 0.15) is 40.8 Å². The summed E-state index contributed by atoms with van der Waals surface area (Å²) in [6, 6.07) is 13.4. The van der Waals surface area contributed by atoms with Crippen molar-refractivity contribution in [1.82, 2.24) is 9.88 Å². The molecular weight excluding hydrogens is 360 g/mol. The first-order valence-corrected chi connectivity index (χ1v) is 9.74. The van der Waals surface area contributed by atoms with Crippen molar-refractivity contribution >= 4 is 27.5 Å². The molecule has 1 atom stereocenters. The molecule has 1 heterocycles. The number of amides is 1. The van der Waals surface area contributed by atoms with Crippen LogP contribution in [-0.2, 0) is 11.3 Å². The Hall–Kier alpha value is -2.44. The van der Waals surface area contributed by atoms with Crippen LogP contribution >= 0.6 is 11.3 Å². The summed E-state index contributed by atoms with van der Waals surface area (Å²) in [6.07, 6.45) is 0. The Kier molecular flexibility index (Phi) is 6.08. The third-order valence-corrected chi connectivity index (χ3v) is 5.76. The minimum atomic E-state index is -0.118. The highest BCUT2D eigenvalue weighted by molar-refractivity contribution is 7.18. The third kappa shape index (κ3) is 4.12. The fourth-order valence-corrected chi connectivity index (χ4v) is 3.91. The monoisotopic (exact) mass is 384 g/mol. The van der Waals surface area contributed by atoms with E-state index in [-0.39, 0.29) is 11.9 Å². The number of ether oxygens (including phenoxy) is 2. The van der Waals surface area contributed by atoms with Gasteiger partial charge in [0, 0.05) is 24.8 Å². The Balaban J connectivity index is 1.83. The van der Waals surface area contributed by atoms with Crippen molar-refractivity contribution in [2.45, 2.75) is 26.5 Å². The summed E-state index contributed by atoms with van der Waals surface area (Å²) in [4.78, 5) is 19.4. The van der Waals surface area contributed by atoms with Crippen LogP contribution in [0.15, 0.2) is 42.5 Å². The molecule has 0 aliphatic heterocycles. The molecule has 6 heteroatoms. The number of thiazole rings is 1. The number of para-hydroxylation sites is 1. The number of hydrogen-bond donors (Lipinski definition) is 0. The molecule has 0 aliphatic rings. The Morgan fingerprint density at radius 2 is 2.04 bits per heavy atom. The van der Waals surface area contributed by atoms with Crippen molar-refractivity contribution in [3.8, 4) is 5.75 Å². The molecule has 1 aromatic heterocycles. The Morgan fingerprint density at radius 1 is 1.26 bits per heavy atom. The summed E-state index contributed by atoms with van der Waals surface area (Å²) < 4.78 is 12.0. The SMILES string of the molecule is CCOCc1cc(C(=O)N(C)C(C)c2nc3ccccc3s2)ccc1OC. The Morgan fingerprint density at radius 3 is 2.74 bits per heavy atom. The van der Waals surface area contributed by atoms with Gasteiger partial charge in [0.15, 0.2) is 0 Å². The number of rotatable bonds is 7. The van der Waals surface area contributed by atoms with Gasteiger partial charge in [-0.05, 0) is 44.2 Å². The summed E-state index contributed by atoms with van der Waals surface area (Å²) in [5, 5.41) is 0.926. The number of aromatic nitrogens is 1. The number of carbonyl (C=O) groups excluding carboxylic acids is 1. The summed E-state index contributed by atoms with van der Waals surface area (Å²) >= 11 is 1.62.